The molecule has 1 aromatic heterocycles. The fourth-order valence-electron chi connectivity index (χ4n) is 2.98. The van der Waals surface area contributed by atoms with Crippen LogP contribution in [0.1, 0.15) is 31.9 Å². The predicted molar refractivity (Wildman–Crippen MR) is 117 cm³/mol. The molecule has 0 saturated heterocycles. The van der Waals surface area contributed by atoms with Gasteiger partial charge in [0.05, 0.1) is 26.8 Å². The third kappa shape index (κ3) is 3.28. The molecule has 0 aliphatic rings. The van der Waals surface area contributed by atoms with Gasteiger partial charge in [-0.2, -0.15) is 5.26 Å². The predicted octanol–water partition coefficient (Wildman–Crippen LogP) is 6.12. The smallest absolute Gasteiger partial charge is 0.208 e. The summed E-state index contributed by atoms with van der Waals surface area (Å²) in [7, 11) is 1.79. The van der Waals surface area contributed by atoms with Crippen LogP contribution in [0, 0.1) is 11.3 Å². The average Bonchev–Trinajstić information content (AvgIpc) is 2.95. The molecule has 0 radical (unpaired) electrons. The van der Waals surface area contributed by atoms with Crippen molar-refractivity contribution < 1.29 is 4.79 Å². The van der Waals surface area contributed by atoms with Crippen molar-refractivity contribution in [3.8, 4) is 6.07 Å². The number of nitrogens with one attached hydrogen (secondary N) is 1. The number of carbonyl (C=O) groups excluding carboxylic acids is 1. The summed E-state index contributed by atoms with van der Waals surface area (Å²) in [6.45, 7) is 5.14. The van der Waals surface area contributed by atoms with Crippen molar-refractivity contribution >= 4 is 67.6 Å². The van der Waals surface area contributed by atoms with Gasteiger partial charge in [-0.15, -0.1) is 0 Å². The van der Waals surface area contributed by atoms with E-state index in [0.29, 0.717) is 48.3 Å². The van der Waals surface area contributed by atoms with Crippen molar-refractivity contribution in [1.82, 2.24) is 9.55 Å². The second kappa shape index (κ2) is 7.40. The van der Waals surface area contributed by atoms with Crippen molar-refractivity contribution in [1.29, 1.82) is 5.26 Å². The van der Waals surface area contributed by atoms with Crippen LogP contribution in [-0.2, 0) is 17.3 Å². The second-order valence-corrected chi connectivity index (χ2v) is 8.66. The van der Waals surface area contributed by atoms with Crippen molar-refractivity contribution in [2.24, 2.45) is 7.05 Å². The Balaban J connectivity index is 2.28. The third-order valence-corrected chi connectivity index (χ3v) is 6.20. The van der Waals surface area contributed by atoms with E-state index in [1.807, 2.05) is 13.8 Å². The van der Waals surface area contributed by atoms with Gasteiger partial charge < -0.3 is 9.88 Å². The molecule has 0 aliphatic heterocycles. The molecule has 144 valence electrons. The molecule has 2 aromatic carbocycles. The van der Waals surface area contributed by atoms with Gasteiger partial charge in [0.15, 0.2) is 0 Å². The van der Waals surface area contributed by atoms with E-state index in [0.717, 1.165) is 0 Å². The van der Waals surface area contributed by atoms with Crippen LogP contribution in [0.4, 0.5) is 11.6 Å². The summed E-state index contributed by atoms with van der Waals surface area (Å²) >= 11 is 16.1. The number of fused-ring (bicyclic) bond motifs is 1. The lowest BCUT2D eigenvalue weighted by molar-refractivity contribution is -0.121. The molecule has 0 aliphatic carbocycles. The fourth-order valence-corrected chi connectivity index (χ4v) is 3.98. The number of nitrogens with zero attached hydrogens (tertiary/aromatic N) is 3. The monoisotopic (exact) mass is 478 g/mol. The molecule has 1 N–H and O–H groups in total. The van der Waals surface area contributed by atoms with Crippen LogP contribution < -0.4 is 5.32 Å². The standard InChI is InChI=1S/C20H17BrCl2N4O/c1-10(28)20(2,3)12-8-13(21)16-18(11(12)9-24)27(4)19(25-16)26-17-14(22)6-5-7-15(17)23/h5-8H,1-4H3,(H,25,26). The first-order chi connectivity index (χ1) is 13.1. The number of rotatable bonds is 4. The van der Waals surface area contributed by atoms with Gasteiger partial charge in [0, 0.05) is 16.9 Å². The van der Waals surface area contributed by atoms with Gasteiger partial charge in [-0.05, 0) is 60.5 Å². The molecule has 0 amide bonds. The molecule has 0 spiro atoms. The minimum absolute atomic E-state index is 0.0291. The molecule has 0 bridgehead atoms. The summed E-state index contributed by atoms with van der Waals surface area (Å²) in [5.41, 5.74) is 1.99. The SMILES string of the molecule is CC(=O)C(C)(C)c1cc(Br)c2nc(Nc3c(Cl)cccc3Cl)n(C)c2c1C#N. The highest BCUT2D eigenvalue weighted by Crippen LogP contribution is 2.39. The molecule has 1 heterocycles. The first-order valence-electron chi connectivity index (χ1n) is 8.41. The van der Waals surface area contributed by atoms with Gasteiger partial charge in [-0.3, -0.25) is 4.79 Å². The maximum atomic E-state index is 12.2. The first-order valence-corrected chi connectivity index (χ1v) is 9.96. The number of benzene rings is 2. The van der Waals surface area contributed by atoms with Crippen molar-refractivity contribution in [2.75, 3.05) is 5.32 Å². The molecule has 3 rings (SSSR count). The van der Waals surface area contributed by atoms with Crippen LogP contribution >= 0.6 is 39.1 Å². The van der Waals surface area contributed by atoms with Crippen molar-refractivity contribution in [3.05, 3.63) is 49.9 Å². The minimum atomic E-state index is -0.814. The largest absolute Gasteiger partial charge is 0.323 e. The quantitative estimate of drug-likeness (QED) is 0.488. The van der Waals surface area contributed by atoms with E-state index in [-0.39, 0.29) is 5.78 Å². The molecule has 5 nitrogen and oxygen atoms in total. The average molecular weight is 480 g/mol. The molecular weight excluding hydrogens is 463 g/mol. The second-order valence-electron chi connectivity index (χ2n) is 6.99. The number of imidazole rings is 1. The van der Waals surface area contributed by atoms with Gasteiger partial charge in [-0.25, -0.2) is 4.98 Å². The van der Waals surface area contributed by atoms with E-state index in [9.17, 15) is 10.1 Å². The molecule has 0 atom stereocenters. The normalized spacial score (nSPS) is 11.5. The number of anilines is 2. The van der Waals surface area contributed by atoms with Gasteiger partial charge in [0.1, 0.15) is 17.4 Å². The lowest BCUT2D eigenvalue weighted by Crippen LogP contribution is -2.27. The van der Waals surface area contributed by atoms with E-state index in [4.69, 9.17) is 23.2 Å². The molecule has 0 saturated carbocycles. The van der Waals surface area contributed by atoms with Crippen molar-refractivity contribution in [3.63, 3.8) is 0 Å². The lowest BCUT2D eigenvalue weighted by Gasteiger charge is -2.23. The highest BCUT2D eigenvalue weighted by molar-refractivity contribution is 9.10. The Morgan fingerprint density at radius 2 is 1.93 bits per heavy atom. The van der Waals surface area contributed by atoms with Gasteiger partial charge in [0.2, 0.25) is 5.95 Å². The maximum Gasteiger partial charge on any atom is 0.208 e. The first kappa shape index (κ1) is 20.7. The number of halogens is 3. The zero-order valence-electron chi connectivity index (χ0n) is 15.7. The zero-order chi connectivity index (χ0) is 20.8. The molecule has 3 aromatic rings. The van der Waals surface area contributed by atoms with E-state index >= 15 is 0 Å². The topological polar surface area (TPSA) is 70.7 Å². The number of ketones is 1. The Hall–Kier alpha value is -2.07. The number of hydrogen-bond donors (Lipinski definition) is 1. The van der Waals surface area contributed by atoms with Crippen LogP contribution in [0.5, 0.6) is 0 Å². The van der Waals surface area contributed by atoms with Gasteiger partial charge >= 0.3 is 0 Å². The Kier molecular flexibility index (Phi) is 5.46. The summed E-state index contributed by atoms with van der Waals surface area (Å²) in [4.78, 5) is 16.8. The number of Topliss-reactive ketones (excluding diaryl/α,β-unsaturated/α-hetero) is 1. The van der Waals surface area contributed by atoms with Crippen LogP contribution in [0.2, 0.25) is 10.0 Å². The van der Waals surface area contributed by atoms with E-state index in [2.05, 4.69) is 32.3 Å². The number of nitriles is 1. The number of aryl methyl sites for hydroxylation is 1. The number of para-hydroxylation sites is 1. The maximum absolute atomic E-state index is 12.2. The highest BCUT2D eigenvalue weighted by Gasteiger charge is 2.32. The third-order valence-electron chi connectivity index (χ3n) is 4.96. The Labute approximate surface area is 181 Å². The summed E-state index contributed by atoms with van der Waals surface area (Å²) in [6, 6.07) is 9.25. The Morgan fingerprint density at radius 3 is 2.46 bits per heavy atom. The molecule has 28 heavy (non-hydrogen) atoms. The summed E-state index contributed by atoms with van der Waals surface area (Å²) in [5.74, 6) is 0.443. The minimum Gasteiger partial charge on any atom is -0.323 e. The van der Waals surface area contributed by atoms with Gasteiger partial charge in [-0.1, -0.05) is 29.3 Å². The van der Waals surface area contributed by atoms with Crippen LogP contribution in [0.3, 0.4) is 0 Å². The fraction of sp³-hybridized carbons (Fsp3) is 0.250. The van der Waals surface area contributed by atoms with E-state index in [1.54, 1.807) is 35.9 Å². The van der Waals surface area contributed by atoms with Crippen LogP contribution in [0.25, 0.3) is 11.0 Å². The number of aromatic nitrogens is 2. The van der Waals surface area contributed by atoms with E-state index < -0.39 is 5.41 Å². The molecular formula is C20H17BrCl2N4O. The van der Waals surface area contributed by atoms with Gasteiger partial charge in [0.25, 0.3) is 0 Å². The van der Waals surface area contributed by atoms with Crippen LogP contribution in [0.15, 0.2) is 28.7 Å². The van der Waals surface area contributed by atoms with E-state index in [1.165, 1.54) is 6.92 Å². The number of carbonyl (C=O) groups is 1. The summed E-state index contributed by atoms with van der Waals surface area (Å²) in [6.07, 6.45) is 0. The number of hydrogen-bond acceptors (Lipinski definition) is 4. The zero-order valence-corrected chi connectivity index (χ0v) is 18.8. The Bertz CT molecular complexity index is 1140. The van der Waals surface area contributed by atoms with Crippen molar-refractivity contribution in [2.45, 2.75) is 26.2 Å². The molecule has 0 unspecified atom stereocenters. The molecule has 0 fully saturated rings. The summed E-state index contributed by atoms with van der Waals surface area (Å²) in [5, 5.41) is 13.9. The highest BCUT2D eigenvalue weighted by atomic mass is 79.9. The Morgan fingerprint density at radius 1 is 1.32 bits per heavy atom. The lowest BCUT2D eigenvalue weighted by atomic mass is 9.78. The molecule has 8 heteroatoms. The van der Waals surface area contributed by atoms with Crippen LogP contribution in [-0.4, -0.2) is 15.3 Å². The summed E-state index contributed by atoms with van der Waals surface area (Å²) < 4.78 is 2.46.